The molecule has 1 unspecified atom stereocenters. The first-order chi connectivity index (χ1) is 8.96. The van der Waals surface area contributed by atoms with Crippen LogP contribution in [0.4, 0.5) is 0 Å². The van der Waals surface area contributed by atoms with Crippen LogP contribution in [0.2, 0.25) is 5.02 Å². The maximum atomic E-state index is 6.27. The van der Waals surface area contributed by atoms with Crippen molar-refractivity contribution in [2.75, 3.05) is 19.8 Å². The second-order valence-corrected chi connectivity index (χ2v) is 6.34. The van der Waals surface area contributed by atoms with E-state index in [0.29, 0.717) is 13.2 Å². The van der Waals surface area contributed by atoms with E-state index in [2.05, 4.69) is 26.1 Å². The predicted octanol–water partition coefficient (Wildman–Crippen LogP) is 3.18. The van der Waals surface area contributed by atoms with Crippen LogP contribution < -0.4 is 5.32 Å². The maximum Gasteiger partial charge on any atom is 0.105 e. The fourth-order valence-electron chi connectivity index (χ4n) is 1.89. The van der Waals surface area contributed by atoms with Crippen molar-refractivity contribution in [2.24, 2.45) is 0 Å². The average Bonchev–Trinajstić information content (AvgIpc) is 2.27. The molecule has 3 nitrogen and oxygen atoms in total. The van der Waals surface area contributed by atoms with Crippen LogP contribution in [0, 0.1) is 0 Å². The molecule has 1 aliphatic rings. The maximum absolute atomic E-state index is 6.27. The summed E-state index contributed by atoms with van der Waals surface area (Å²) in [6, 6.07) is 7.86. The molecule has 0 bridgehead atoms. The second kappa shape index (κ2) is 6.23. The molecule has 0 amide bonds. The molecule has 1 aromatic rings. The van der Waals surface area contributed by atoms with Crippen molar-refractivity contribution >= 4 is 11.6 Å². The summed E-state index contributed by atoms with van der Waals surface area (Å²) in [4.78, 5) is 0. The largest absolute Gasteiger partial charge is 0.376 e. The quantitative estimate of drug-likeness (QED) is 0.900. The van der Waals surface area contributed by atoms with E-state index in [1.807, 2.05) is 24.3 Å². The van der Waals surface area contributed by atoms with Gasteiger partial charge in [0, 0.05) is 22.7 Å². The standard InChI is InChI=1S/C15H22ClNO2/c1-15(2,3)17-8-14(19-11-9-18-10-11)12-6-4-5-7-13(12)16/h4-7,11,14,17H,8-10H2,1-3H3. The van der Waals surface area contributed by atoms with Gasteiger partial charge >= 0.3 is 0 Å². The number of hydrogen-bond acceptors (Lipinski definition) is 3. The fraction of sp³-hybridized carbons (Fsp3) is 0.600. The normalized spacial score (nSPS) is 18.1. The molecule has 0 aromatic heterocycles. The Bertz CT molecular complexity index is 413. The average molecular weight is 284 g/mol. The van der Waals surface area contributed by atoms with Crippen LogP contribution in [0.25, 0.3) is 0 Å². The van der Waals surface area contributed by atoms with Gasteiger partial charge in [-0.2, -0.15) is 0 Å². The number of ether oxygens (including phenoxy) is 2. The van der Waals surface area contributed by atoms with Gasteiger partial charge in [-0.05, 0) is 26.8 Å². The summed E-state index contributed by atoms with van der Waals surface area (Å²) in [6.45, 7) is 8.52. The zero-order chi connectivity index (χ0) is 13.9. The lowest BCUT2D eigenvalue weighted by atomic mass is 10.1. The Balaban J connectivity index is 2.06. The van der Waals surface area contributed by atoms with Crippen LogP contribution >= 0.6 is 11.6 Å². The van der Waals surface area contributed by atoms with E-state index in [9.17, 15) is 0 Å². The second-order valence-electron chi connectivity index (χ2n) is 5.94. The van der Waals surface area contributed by atoms with E-state index in [0.717, 1.165) is 17.1 Å². The number of nitrogens with one attached hydrogen (secondary N) is 1. The van der Waals surface area contributed by atoms with Crippen LogP contribution in [-0.2, 0) is 9.47 Å². The van der Waals surface area contributed by atoms with Crippen molar-refractivity contribution in [1.82, 2.24) is 5.32 Å². The molecule has 0 saturated carbocycles. The molecular weight excluding hydrogens is 262 g/mol. The highest BCUT2D eigenvalue weighted by Gasteiger charge is 2.26. The lowest BCUT2D eigenvalue weighted by molar-refractivity contribution is -0.155. The van der Waals surface area contributed by atoms with E-state index >= 15 is 0 Å². The predicted molar refractivity (Wildman–Crippen MR) is 77.6 cm³/mol. The molecule has 1 atom stereocenters. The summed E-state index contributed by atoms with van der Waals surface area (Å²) in [7, 11) is 0. The minimum Gasteiger partial charge on any atom is -0.376 e. The van der Waals surface area contributed by atoms with Crippen molar-refractivity contribution in [3.8, 4) is 0 Å². The molecule has 1 heterocycles. The van der Waals surface area contributed by atoms with E-state index in [1.165, 1.54) is 0 Å². The van der Waals surface area contributed by atoms with Gasteiger partial charge in [-0.25, -0.2) is 0 Å². The lowest BCUT2D eigenvalue weighted by Gasteiger charge is -2.33. The van der Waals surface area contributed by atoms with Gasteiger partial charge in [0.1, 0.15) is 6.10 Å². The van der Waals surface area contributed by atoms with Crippen LogP contribution in [-0.4, -0.2) is 31.4 Å². The molecule has 106 valence electrons. The molecule has 0 radical (unpaired) electrons. The highest BCUT2D eigenvalue weighted by atomic mass is 35.5. The minimum atomic E-state index is -0.0400. The highest BCUT2D eigenvalue weighted by Crippen LogP contribution is 2.28. The number of hydrogen-bond donors (Lipinski definition) is 1. The first-order valence-electron chi connectivity index (χ1n) is 6.68. The first kappa shape index (κ1) is 14.8. The molecule has 0 spiro atoms. The van der Waals surface area contributed by atoms with Crippen LogP contribution in [0.5, 0.6) is 0 Å². The SMILES string of the molecule is CC(C)(C)NCC(OC1COC1)c1ccccc1Cl. The Morgan fingerprint density at radius 1 is 1.37 bits per heavy atom. The Kier molecular flexibility index (Phi) is 4.85. The molecular formula is C15H22ClNO2. The Morgan fingerprint density at radius 2 is 2.05 bits per heavy atom. The summed E-state index contributed by atoms with van der Waals surface area (Å²) in [5.74, 6) is 0. The Hall–Kier alpha value is -0.610. The summed E-state index contributed by atoms with van der Waals surface area (Å²) < 4.78 is 11.2. The Morgan fingerprint density at radius 3 is 2.58 bits per heavy atom. The van der Waals surface area contributed by atoms with Gasteiger partial charge in [0.05, 0.1) is 19.3 Å². The topological polar surface area (TPSA) is 30.5 Å². The fourth-order valence-corrected chi connectivity index (χ4v) is 2.15. The summed E-state index contributed by atoms with van der Waals surface area (Å²) in [6.07, 6.45) is 0.143. The van der Waals surface area contributed by atoms with Crippen molar-refractivity contribution in [3.05, 3.63) is 34.9 Å². The molecule has 1 aliphatic heterocycles. The molecule has 2 rings (SSSR count). The number of benzene rings is 1. The van der Waals surface area contributed by atoms with E-state index in [4.69, 9.17) is 21.1 Å². The van der Waals surface area contributed by atoms with Gasteiger partial charge in [0.2, 0.25) is 0 Å². The lowest BCUT2D eigenvalue weighted by Crippen LogP contribution is -2.43. The van der Waals surface area contributed by atoms with Crippen molar-refractivity contribution in [2.45, 2.75) is 38.5 Å². The molecule has 4 heteroatoms. The summed E-state index contributed by atoms with van der Waals surface area (Å²) in [5, 5.41) is 4.23. The summed E-state index contributed by atoms with van der Waals surface area (Å²) in [5.41, 5.74) is 1.09. The third kappa shape index (κ3) is 4.46. The molecule has 1 saturated heterocycles. The molecule has 0 aliphatic carbocycles. The van der Waals surface area contributed by atoms with Gasteiger partial charge in [0.25, 0.3) is 0 Å². The summed E-state index contributed by atoms with van der Waals surface area (Å²) >= 11 is 6.27. The zero-order valence-corrected chi connectivity index (χ0v) is 12.5. The van der Waals surface area contributed by atoms with Gasteiger partial charge in [-0.1, -0.05) is 29.8 Å². The van der Waals surface area contributed by atoms with Gasteiger partial charge in [0.15, 0.2) is 0 Å². The Labute approximate surface area is 120 Å². The van der Waals surface area contributed by atoms with Crippen LogP contribution in [0.15, 0.2) is 24.3 Å². The van der Waals surface area contributed by atoms with Gasteiger partial charge < -0.3 is 14.8 Å². The molecule has 1 aromatic carbocycles. The minimum absolute atomic E-state index is 0.0400. The van der Waals surface area contributed by atoms with E-state index in [1.54, 1.807) is 0 Å². The third-order valence-corrected chi connectivity index (χ3v) is 3.38. The van der Waals surface area contributed by atoms with E-state index < -0.39 is 0 Å². The first-order valence-corrected chi connectivity index (χ1v) is 7.06. The van der Waals surface area contributed by atoms with Gasteiger partial charge in [-0.15, -0.1) is 0 Å². The highest BCUT2D eigenvalue weighted by molar-refractivity contribution is 6.31. The zero-order valence-electron chi connectivity index (χ0n) is 11.8. The van der Waals surface area contributed by atoms with Crippen molar-refractivity contribution in [3.63, 3.8) is 0 Å². The third-order valence-electron chi connectivity index (χ3n) is 3.03. The number of halogens is 1. The van der Waals surface area contributed by atoms with E-state index in [-0.39, 0.29) is 17.7 Å². The van der Waals surface area contributed by atoms with Crippen LogP contribution in [0.1, 0.15) is 32.4 Å². The van der Waals surface area contributed by atoms with Crippen molar-refractivity contribution < 1.29 is 9.47 Å². The van der Waals surface area contributed by atoms with Crippen molar-refractivity contribution in [1.29, 1.82) is 0 Å². The monoisotopic (exact) mass is 283 g/mol. The molecule has 1 fully saturated rings. The van der Waals surface area contributed by atoms with Crippen LogP contribution in [0.3, 0.4) is 0 Å². The smallest absolute Gasteiger partial charge is 0.105 e. The molecule has 1 N–H and O–H groups in total. The number of rotatable bonds is 5. The van der Waals surface area contributed by atoms with Gasteiger partial charge in [-0.3, -0.25) is 0 Å². The molecule has 19 heavy (non-hydrogen) atoms.